The number of carbonyl (C=O) groups is 2. The molecule has 1 aliphatic heterocycles. The Kier molecular flexibility index (Phi) is 3.22. The zero-order valence-corrected chi connectivity index (χ0v) is 8.93. The van der Waals surface area contributed by atoms with Crippen LogP contribution in [0.1, 0.15) is 6.92 Å². The lowest BCUT2D eigenvalue weighted by atomic mass is 10.2. The molecule has 0 aliphatic carbocycles. The second-order valence-corrected chi connectivity index (χ2v) is 4.13. The van der Waals surface area contributed by atoms with Gasteiger partial charge >= 0.3 is 0 Å². The van der Waals surface area contributed by atoms with Crippen molar-refractivity contribution in [1.29, 1.82) is 0 Å². The van der Waals surface area contributed by atoms with E-state index in [0.29, 0.717) is 6.54 Å². The Bertz CT molecular complexity index is 263. The predicted molar refractivity (Wildman–Crippen MR) is 52.3 cm³/mol. The first-order valence-electron chi connectivity index (χ1n) is 3.91. The number of nitrogens with one attached hydrogen (secondary N) is 1. The van der Waals surface area contributed by atoms with Crippen molar-refractivity contribution in [1.82, 2.24) is 10.2 Å². The largest absolute Gasteiger partial charge is 0.294 e. The molecule has 0 radical (unpaired) electrons. The van der Waals surface area contributed by atoms with Gasteiger partial charge < -0.3 is 0 Å². The Labute approximate surface area is 85.1 Å². The Morgan fingerprint density at radius 1 is 1.77 bits per heavy atom. The predicted octanol–water partition coefficient (Wildman–Crippen LogP) is 0.242. The van der Waals surface area contributed by atoms with Crippen LogP contribution in [0.15, 0.2) is 11.1 Å². The molecule has 1 saturated heterocycles. The van der Waals surface area contributed by atoms with E-state index in [9.17, 15) is 9.59 Å². The highest BCUT2D eigenvalue weighted by Crippen LogP contribution is 2.10. The van der Waals surface area contributed by atoms with E-state index in [0.717, 1.165) is 4.48 Å². The molecule has 1 N–H and O–H groups in total. The highest BCUT2D eigenvalue weighted by atomic mass is 79.9. The van der Waals surface area contributed by atoms with Crippen LogP contribution in [-0.4, -0.2) is 35.8 Å². The number of hydrogen-bond donors (Lipinski definition) is 1. The average Bonchev–Trinajstić information content (AvgIpc) is 1.98. The lowest BCUT2D eigenvalue weighted by Crippen LogP contribution is -2.56. The number of amides is 2. The van der Waals surface area contributed by atoms with Gasteiger partial charge in [-0.3, -0.25) is 19.8 Å². The third-order valence-electron chi connectivity index (χ3n) is 1.91. The van der Waals surface area contributed by atoms with Gasteiger partial charge in [-0.15, -0.1) is 0 Å². The van der Waals surface area contributed by atoms with E-state index >= 15 is 0 Å². The van der Waals surface area contributed by atoms with Gasteiger partial charge in [0.25, 0.3) is 0 Å². The maximum Gasteiger partial charge on any atom is 0.243 e. The Morgan fingerprint density at radius 2 is 2.38 bits per heavy atom. The molecule has 13 heavy (non-hydrogen) atoms. The van der Waals surface area contributed by atoms with E-state index < -0.39 is 0 Å². The molecule has 0 saturated carbocycles. The minimum absolute atomic E-state index is 0.245. The van der Waals surface area contributed by atoms with Crippen LogP contribution in [0.3, 0.4) is 0 Å². The third kappa shape index (κ3) is 2.63. The van der Waals surface area contributed by atoms with Gasteiger partial charge in [0, 0.05) is 11.0 Å². The van der Waals surface area contributed by atoms with Crippen molar-refractivity contribution in [2.24, 2.45) is 0 Å². The lowest BCUT2D eigenvalue weighted by molar-refractivity contribution is -0.139. The summed E-state index contributed by atoms with van der Waals surface area (Å²) in [7, 11) is 0. The van der Waals surface area contributed by atoms with E-state index in [1.165, 1.54) is 0 Å². The summed E-state index contributed by atoms with van der Waals surface area (Å²) in [4.78, 5) is 23.9. The first-order valence-corrected chi connectivity index (χ1v) is 4.71. The Morgan fingerprint density at radius 3 is 2.92 bits per heavy atom. The van der Waals surface area contributed by atoms with Gasteiger partial charge in [-0.1, -0.05) is 22.5 Å². The first kappa shape index (κ1) is 10.4. The smallest absolute Gasteiger partial charge is 0.243 e. The number of carbonyl (C=O) groups excluding carboxylic acids is 2. The highest BCUT2D eigenvalue weighted by molar-refractivity contribution is 9.11. The fraction of sp³-hybridized carbons (Fsp3) is 0.500. The van der Waals surface area contributed by atoms with Crippen LogP contribution in [-0.2, 0) is 9.59 Å². The number of rotatable bonds is 2. The summed E-state index contributed by atoms with van der Waals surface area (Å²) in [5.74, 6) is -0.498. The summed E-state index contributed by atoms with van der Waals surface area (Å²) in [5.41, 5.74) is 0. The molecule has 0 spiro atoms. The average molecular weight is 247 g/mol. The second-order valence-electron chi connectivity index (χ2n) is 3.01. The summed E-state index contributed by atoms with van der Waals surface area (Å²) in [5, 5.41) is 2.27. The van der Waals surface area contributed by atoms with Crippen molar-refractivity contribution in [2.75, 3.05) is 13.1 Å². The van der Waals surface area contributed by atoms with Crippen molar-refractivity contribution < 1.29 is 9.59 Å². The molecular formula is C8H11BrN2O2. The molecule has 2 amide bonds. The fourth-order valence-corrected chi connectivity index (χ4v) is 1.50. The van der Waals surface area contributed by atoms with E-state index in [1.54, 1.807) is 11.8 Å². The van der Waals surface area contributed by atoms with Crippen LogP contribution in [0.25, 0.3) is 0 Å². The van der Waals surface area contributed by atoms with Crippen LogP contribution >= 0.6 is 15.9 Å². The zero-order valence-electron chi connectivity index (χ0n) is 7.34. The molecule has 4 nitrogen and oxygen atoms in total. The Hall–Kier alpha value is -0.680. The quantitative estimate of drug-likeness (QED) is 0.711. The normalized spacial score (nSPS) is 24.3. The number of nitrogens with zero attached hydrogens (tertiary/aromatic N) is 1. The molecule has 5 heteroatoms. The number of halogens is 1. The fourth-order valence-electron chi connectivity index (χ4n) is 1.18. The minimum atomic E-state index is -0.271. The second kappa shape index (κ2) is 4.02. The SMILES string of the molecule is C=C(Br)CN1CC(=O)NC(=O)C1C. The molecule has 0 aromatic rings. The molecule has 1 heterocycles. The maximum absolute atomic E-state index is 11.2. The lowest BCUT2D eigenvalue weighted by Gasteiger charge is -2.31. The molecule has 0 aromatic heterocycles. The zero-order chi connectivity index (χ0) is 10.0. The van der Waals surface area contributed by atoms with Crippen molar-refractivity contribution in [3.63, 3.8) is 0 Å². The third-order valence-corrected chi connectivity index (χ3v) is 2.16. The molecule has 1 unspecified atom stereocenters. The van der Waals surface area contributed by atoms with Crippen molar-refractivity contribution in [3.8, 4) is 0 Å². The van der Waals surface area contributed by atoms with Crippen molar-refractivity contribution in [3.05, 3.63) is 11.1 Å². The van der Waals surface area contributed by atoms with Crippen LogP contribution in [0.4, 0.5) is 0 Å². The Balaban J connectivity index is 2.66. The van der Waals surface area contributed by atoms with Crippen LogP contribution < -0.4 is 5.32 Å². The van der Waals surface area contributed by atoms with Crippen molar-refractivity contribution in [2.45, 2.75) is 13.0 Å². The van der Waals surface area contributed by atoms with E-state index in [1.807, 2.05) is 0 Å². The van der Waals surface area contributed by atoms with Gasteiger partial charge in [0.1, 0.15) is 0 Å². The maximum atomic E-state index is 11.2. The van der Waals surface area contributed by atoms with Crippen LogP contribution in [0.5, 0.6) is 0 Å². The van der Waals surface area contributed by atoms with Gasteiger partial charge in [0.05, 0.1) is 12.6 Å². The standard InChI is InChI=1S/C8H11BrN2O2/c1-5(9)3-11-4-7(12)10-8(13)6(11)2/h6H,1,3-4H2,2H3,(H,10,12,13). The first-order chi connectivity index (χ1) is 6.00. The van der Waals surface area contributed by atoms with Gasteiger partial charge in [-0.05, 0) is 6.92 Å². The minimum Gasteiger partial charge on any atom is -0.294 e. The van der Waals surface area contributed by atoms with Crippen LogP contribution in [0.2, 0.25) is 0 Å². The van der Waals surface area contributed by atoms with Gasteiger partial charge in [-0.25, -0.2) is 0 Å². The summed E-state index contributed by atoms with van der Waals surface area (Å²) < 4.78 is 0.766. The molecule has 0 bridgehead atoms. The number of hydrogen-bond acceptors (Lipinski definition) is 3. The monoisotopic (exact) mass is 246 g/mol. The molecule has 1 atom stereocenters. The summed E-state index contributed by atoms with van der Waals surface area (Å²) in [6.07, 6.45) is 0. The summed E-state index contributed by atoms with van der Waals surface area (Å²) >= 11 is 3.20. The van der Waals surface area contributed by atoms with Gasteiger partial charge in [0.15, 0.2) is 0 Å². The molecule has 72 valence electrons. The number of imide groups is 1. The van der Waals surface area contributed by atoms with Crippen LogP contribution in [0, 0.1) is 0 Å². The van der Waals surface area contributed by atoms with Crippen molar-refractivity contribution >= 4 is 27.7 Å². The molecular weight excluding hydrogens is 236 g/mol. The number of piperazine rings is 1. The van der Waals surface area contributed by atoms with Gasteiger partial charge in [0.2, 0.25) is 11.8 Å². The summed E-state index contributed by atoms with van der Waals surface area (Å²) in [6.45, 7) is 6.19. The van der Waals surface area contributed by atoms with Gasteiger partial charge in [-0.2, -0.15) is 0 Å². The molecule has 1 aliphatic rings. The topological polar surface area (TPSA) is 49.4 Å². The summed E-state index contributed by atoms with van der Waals surface area (Å²) in [6, 6.07) is -0.271. The van der Waals surface area contributed by atoms with E-state index in [2.05, 4.69) is 27.8 Å². The highest BCUT2D eigenvalue weighted by Gasteiger charge is 2.29. The van der Waals surface area contributed by atoms with E-state index in [4.69, 9.17) is 0 Å². The van der Waals surface area contributed by atoms with E-state index in [-0.39, 0.29) is 24.4 Å². The molecule has 0 aromatic carbocycles. The molecule has 1 rings (SSSR count). The molecule has 1 fully saturated rings.